The summed E-state index contributed by atoms with van der Waals surface area (Å²) in [6.07, 6.45) is -0.0297. The number of rotatable bonds is 7. The van der Waals surface area contributed by atoms with Gasteiger partial charge in [-0.15, -0.1) is 10.2 Å². The van der Waals surface area contributed by atoms with Crippen molar-refractivity contribution in [3.63, 3.8) is 0 Å². The van der Waals surface area contributed by atoms with Crippen LogP contribution in [0.15, 0.2) is 29.4 Å². The van der Waals surface area contributed by atoms with Crippen LogP contribution in [0, 0.1) is 0 Å². The van der Waals surface area contributed by atoms with Gasteiger partial charge < -0.3 is 14.4 Å². The molecule has 0 fully saturated rings. The van der Waals surface area contributed by atoms with Crippen LogP contribution < -0.4 is 4.74 Å². The Morgan fingerprint density at radius 2 is 2.05 bits per heavy atom. The van der Waals surface area contributed by atoms with Crippen LogP contribution in [0.4, 0.5) is 0 Å². The van der Waals surface area contributed by atoms with Crippen molar-refractivity contribution in [2.45, 2.75) is 24.6 Å². The summed E-state index contributed by atoms with van der Waals surface area (Å²) in [4.78, 5) is 12.2. The Morgan fingerprint density at radius 3 is 2.64 bits per heavy atom. The first-order valence-corrected chi connectivity index (χ1v) is 7.86. The van der Waals surface area contributed by atoms with E-state index in [1.165, 1.54) is 11.8 Å². The molecular weight excluding hydrogens is 302 g/mol. The normalized spacial score (nSPS) is 12.2. The van der Waals surface area contributed by atoms with Crippen LogP contribution in [-0.2, 0) is 13.5 Å². The molecule has 0 saturated carbocycles. The van der Waals surface area contributed by atoms with Gasteiger partial charge in [-0.05, 0) is 31.2 Å². The molecule has 2 aromatic rings. The minimum atomic E-state index is -0.471. The van der Waals surface area contributed by atoms with Crippen LogP contribution in [0.1, 0.15) is 23.1 Å². The molecule has 0 bridgehead atoms. The van der Waals surface area contributed by atoms with Gasteiger partial charge in [0.05, 0.1) is 19.0 Å². The van der Waals surface area contributed by atoms with E-state index in [9.17, 15) is 9.90 Å². The summed E-state index contributed by atoms with van der Waals surface area (Å²) in [7, 11) is 3.42. The van der Waals surface area contributed by atoms with E-state index in [-0.39, 0.29) is 11.5 Å². The van der Waals surface area contributed by atoms with Crippen molar-refractivity contribution in [2.75, 3.05) is 12.9 Å². The predicted molar refractivity (Wildman–Crippen MR) is 84.4 cm³/mol. The zero-order chi connectivity index (χ0) is 16.1. The number of carbonyl (C=O) groups is 1. The molecule has 0 spiro atoms. The van der Waals surface area contributed by atoms with Crippen LogP contribution in [0.2, 0.25) is 0 Å². The maximum absolute atomic E-state index is 12.2. The monoisotopic (exact) mass is 321 g/mol. The standard InChI is InChI=1S/C15H19N3O3S/c1-10(19)8-14-16-17-15(18(14)2)22-9-13(20)11-4-6-12(21-3)7-5-11/h4-7,10,19H,8-9H2,1-3H3/t10-/m1/s1. The number of carbonyl (C=O) groups excluding carboxylic acids is 1. The number of methoxy groups -OCH3 is 1. The highest BCUT2D eigenvalue weighted by Gasteiger charge is 2.13. The number of hydrogen-bond donors (Lipinski definition) is 1. The van der Waals surface area contributed by atoms with Gasteiger partial charge in [0.2, 0.25) is 0 Å². The number of aromatic nitrogens is 3. The number of hydrogen-bond acceptors (Lipinski definition) is 6. The van der Waals surface area contributed by atoms with Gasteiger partial charge in [0.1, 0.15) is 11.6 Å². The van der Waals surface area contributed by atoms with Gasteiger partial charge in [0.15, 0.2) is 10.9 Å². The third-order valence-corrected chi connectivity index (χ3v) is 4.17. The molecule has 6 nitrogen and oxygen atoms in total. The molecule has 0 amide bonds. The third kappa shape index (κ3) is 4.08. The Morgan fingerprint density at radius 1 is 1.36 bits per heavy atom. The van der Waals surface area contributed by atoms with Gasteiger partial charge in [0.25, 0.3) is 0 Å². The quantitative estimate of drug-likeness (QED) is 0.618. The van der Waals surface area contributed by atoms with Crippen molar-refractivity contribution in [3.8, 4) is 5.75 Å². The molecule has 1 N–H and O–H groups in total. The van der Waals surface area contributed by atoms with Gasteiger partial charge >= 0.3 is 0 Å². The maximum atomic E-state index is 12.2. The Bertz CT molecular complexity index is 638. The molecule has 1 aromatic heterocycles. The van der Waals surface area contributed by atoms with Crippen molar-refractivity contribution in [1.82, 2.24) is 14.8 Å². The summed E-state index contributed by atoms with van der Waals surface area (Å²) in [6, 6.07) is 7.02. The lowest BCUT2D eigenvalue weighted by molar-refractivity contribution is 0.102. The lowest BCUT2D eigenvalue weighted by Crippen LogP contribution is -2.10. The molecular formula is C15H19N3O3S. The average Bonchev–Trinajstić information content (AvgIpc) is 2.85. The molecule has 0 aliphatic heterocycles. The zero-order valence-electron chi connectivity index (χ0n) is 12.8. The van der Waals surface area contributed by atoms with E-state index in [2.05, 4.69) is 10.2 Å². The summed E-state index contributed by atoms with van der Waals surface area (Å²) < 4.78 is 6.87. The fourth-order valence-electron chi connectivity index (χ4n) is 1.90. The molecule has 2 rings (SSSR count). The number of thioether (sulfide) groups is 1. The van der Waals surface area contributed by atoms with E-state index in [0.717, 1.165) is 5.75 Å². The van der Waals surface area contributed by atoms with Crippen LogP contribution in [0.25, 0.3) is 0 Å². The van der Waals surface area contributed by atoms with Crippen molar-refractivity contribution in [1.29, 1.82) is 0 Å². The van der Waals surface area contributed by atoms with E-state index in [0.29, 0.717) is 23.0 Å². The lowest BCUT2D eigenvalue weighted by Gasteiger charge is -2.05. The highest BCUT2D eigenvalue weighted by Crippen LogP contribution is 2.19. The zero-order valence-corrected chi connectivity index (χ0v) is 13.6. The molecule has 1 aromatic carbocycles. The SMILES string of the molecule is COc1ccc(C(=O)CSc2nnc(C[C@@H](C)O)n2C)cc1. The van der Waals surface area contributed by atoms with E-state index < -0.39 is 6.10 Å². The topological polar surface area (TPSA) is 77.2 Å². The van der Waals surface area contributed by atoms with Crippen LogP contribution in [0.5, 0.6) is 5.75 Å². The van der Waals surface area contributed by atoms with Crippen molar-refractivity contribution in [3.05, 3.63) is 35.7 Å². The van der Waals surface area contributed by atoms with Gasteiger partial charge in [-0.1, -0.05) is 11.8 Å². The number of aliphatic hydroxyl groups excluding tert-OH is 1. The number of ether oxygens (including phenoxy) is 1. The van der Waals surface area contributed by atoms with E-state index >= 15 is 0 Å². The number of nitrogens with zero attached hydrogens (tertiary/aromatic N) is 3. The largest absolute Gasteiger partial charge is 0.497 e. The first kappa shape index (κ1) is 16.5. The first-order chi connectivity index (χ1) is 10.5. The molecule has 22 heavy (non-hydrogen) atoms. The number of Topliss-reactive ketones (excluding diaryl/α,β-unsaturated/α-hetero) is 1. The fourth-order valence-corrected chi connectivity index (χ4v) is 2.73. The minimum absolute atomic E-state index is 0.0210. The molecule has 118 valence electrons. The number of ketones is 1. The lowest BCUT2D eigenvalue weighted by atomic mass is 10.1. The molecule has 1 heterocycles. The van der Waals surface area contributed by atoms with Crippen molar-refractivity contribution in [2.24, 2.45) is 7.05 Å². The van der Waals surface area contributed by atoms with E-state index in [1.807, 2.05) is 7.05 Å². The molecule has 0 saturated heterocycles. The van der Waals surface area contributed by atoms with Gasteiger partial charge in [0, 0.05) is 19.0 Å². The smallest absolute Gasteiger partial charge is 0.191 e. The van der Waals surface area contributed by atoms with Gasteiger partial charge in [-0.3, -0.25) is 4.79 Å². The highest BCUT2D eigenvalue weighted by molar-refractivity contribution is 7.99. The van der Waals surface area contributed by atoms with Crippen LogP contribution >= 0.6 is 11.8 Å². The summed E-state index contributed by atoms with van der Waals surface area (Å²) in [6.45, 7) is 1.70. The molecule has 0 radical (unpaired) electrons. The van der Waals surface area contributed by atoms with Crippen molar-refractivity contribution < 1.29 is 14.6 Å². The summed E-state index contributed by atoms with van der Waals surface area (Å²) in [5, 5.41) is 18.1. The minimum Gasteiger partial charge on any atom is -0.497 e. The summed E-state index contributed by atoms with van der Waals surface area (Å²) in [5.74, 6) is 1.73. The Hall–Kier alpha value is -1.86. The highest BCUT2D eigenvalue weighted by atomic mass is 32.2. The number of benzene rings is 1. The predicted octanol–water partition coefficient (Wildman–Crippen LogP) is 1.72. The Balaban J connectivity index is 1.97. The Kier molecular flexibility index (Phi) is 5.57. The molecule has 0 aliphatic carbocycles. The molecule has 0 unspecified atom stereocenters. The second-order valence-electron chi connectivity index (χ2n) is 4.95. The molecule has 1 atom stereocenters. The first-order valence-electron chi connectivity index (χ1n) is 6.87. The van der Waals surface area contributed by atoms with Gasteiger partial charge in [-0.25, -0.2) is 0 Å². The van der Waals surface area contributed by atoms with Gasteiger partial charge in [-0.2, -0.15) is 0 Å². The molecule has 0 aliphatic rings. The second kappa shape index (κ2) is 7.42. The van der Waals surface area contributed by atoms with Crippen LogP contribution in [-0.4, -0.2) is 44.6 Å². The van der Waals surface area contributed by atoms with Crippen LogP contribution in [0.3, 0.4) is 0 Å². The summed E-state index contributed by atoms with van der Waals surface area (Å²) in [5.41, 5.74) is 0.639. The third-order valence-electron chi connectivity index (χ3n) is 3.15. The van der Waals surface area contributed by atoms with Crippen molar-refractivity contribution >= 4 is 17.5 Å². The molecule has 7 heteroatoms. The fraction of sp³-hybridized carbons (Fsp3) is 0.400. The van der Waals surface area contributed by atoms with E-state index in [4.69, 9.17) is 4.74 Å². The van der Waals surface area contributed by atoms with E-state index in [1.54, 1.807) is 42.9 Å². The summed E-state index contributed by atoms with van der Waals surface area (Å²) >= 11 is 1.33. The second-order valence-corrected chi connectivity index (χ2v) is 5.89. The average molecular weight is 321 g/mol. The maximum Gasteiger partial charge on any atom is 0.191 e. The number of aliphatic hydroxyl groups is 1. The Labute approximate surface area is 133 Å².